The van der Waals surface area contributed by atoms with Crippen LogP contribution in [0.4, 0.5) is 0 Å². The zero-order valence-corrected chi connectivity index (χ0v) is 12.4. The lowest BCUT2D eigenvalue weighted by molar-refractivity contribution is 0.492. The Kier molecular flexibility index (Phi) is 4.23. The van der Waals surface area contributed by atoms with Gasteiger partial charge in [0.25, 0.3) is 0 Å². The maximum absolute atomic E-state index is 12.1. The van der Waals surface area contributed by atoms with Crippen molar-refractivity contribution < 1.29 is 8.42 Å². The zero-order valence-electron chi connectivity index (χ0n) is 10.8. The van der Waals surface area contributed by atoms with E-state index in [-0.39, 0.29) is 9.88 Å². The van der Waals surface area contributed by atoms with E-state index >= 15 is 0 Å². The van der Waals surface area contributed by atoms with Gasteiger partial charge in [0.2, 0.25) is 10.0 Å². The molecule has 1 aliphatic carbocycles. The molecule has 19 heavy (non-hydrogen) atoms. The number of hydrogen-bond donors (Lipinski definition) is 2. The molecule has 0 bridgehead atoms. The lowest BCUT2D eigenvalue weighted by atomic mass is 10.1. The second-order valence-electron chi connectivity index (χ2n) is 5.06. The Labute approximate surface area is 119 Å². The molecule has 0 radical (unpaired) electrons. The van der Waals surface area contributed by atoms with Crippen LogP contribution >= 0.6 is 12.2 Å². The fourth-order valence-corrected chi connectivity index (χ4v) is 3.23. The Morgan fingerprint density at radius 1 is 1.42 bits per heavy atom. The molecule has 1 aromatic carbocycles. The van der Waals surface area contributed by atoms with Crippen LogP contribution in [0.1, 0.15) is 25.3 Å². The highest BCUT2D eigenvalue weighted by Gasteiger charge is 2.28. The second-order valence-corrected chi connectivity index (χ2v) is 7.26. The van der Waals surface area contributed by atoms with Crippen LogP contribution in [0.25, 0.3) is 0 Å². The molecule has 0 aliphatic heterocycles. The van der Waals surface area contributed by atoms with Crippen molar-refractivity contribution in [1.29, 1.82) is 0 Å². The smallest absolute Gasteiger partial charge is 0.240 e. The first-order valence-corrected chi connectivity index (χ1v) is 8.19. The van der Waals surface area contributed by atoms with Crippen molar-refractivity contribution in [2.45, 2.75) is 24.7 Å². The first-order chi connectivity index (χ1) is 8.90. The minimum Gasteiger partial charge on any atom is -0.389 e. The molecule has 104 valence electrons. The first-order valence-electron chi connectivity index (χ1n) is 6.29. The molecular formula is C13H18N2O2S2. The summed E-state index contributed by atoms with van der Waals surface area (Å²) >= 11 is 4.83. The molecule has 2 rings (SSSR count). The van der Waals surface area contributed by atoms with E-state index in [0.29, 0.717) is 23.9 Å². The van der Waals surface area contributed by atoms with Gasteiger partial charge < -0.3 is 5.73 Å². The molecule has 0 saturated heterocycles. The van der Waals surface area contributed by atoms with Crippen LogP contribution in [-0.4, -0.2) is 20.0 Å². The van der Waals surface area contributed by atoms with Crippen LogP contribution in [0.5, 0.6) is 0 Å². The number of nitrogens with two attached hydrogens (primary N) is 1. The summed E-state index contributed by atoms with van der Waals surface area (Å²) in [7, 11) is -3.44. The predicted molar refractivity (Wildman–Crippen MR) is 79.4 cm³/mol. The predicted octanol–water partition coefficient (Wildman–Crippen LogP) is 1.65. The standard InChI is InChI=1S/C13H18N2O2S2/c1-9(10-2-3-10)8-15-19(16,17)12-6-4-11(5-7-12)13(14)18/h4-7,9-10,15H,2-3,8H2,1H3,(H2,14,18). The number of thiocarbonyl (C=S) groups is 1. The first kappa shape index (κ1) is 14.4. The molecule has 1 atom stereocenters. The fourth-order valence-electron chi connectivity index (χ4n) is 1.95. The summed E-state index contributed by atoms with van der Waals surface area (Å²) in [5, 5.41) is 0. The van der Waals surface area contributed by atoms with E-state index in [0.717, 1.165) is 0 Å². The van der Waals surface area contributed by atoms with Crippen molar-refractivity contribution in [1.82, 2.24) is 4.72 Å². The van der Waals surface area contributed by atoms with Crippen LogP contribution in [0.3, 0.4) is 0 Å². The average molecular weight is 298 g/mol. The zero-order chi connectivity index (χ0) is 14.0. The lowest BCUT2D eigenvalue weighted by Gasteiger charge is -2.12. The highest BCUT2D eigenvalue weighted by molar-refractivity contribution is 7.89. The summed E-state index contributed by atoms with van der Waals surface area (Å²) < 4.78 is 26.8. The molecule has 1 saturated carbocycles. The summed E-state index contributed by atoms with van der Waals surface area (Å²) in [4.78, 5) is 0.509. The van der Waals surface area contributed by atoms with Gasteiger partial charge in [-0.1, -0.05) is 31.3 Å². The van der Waals surface area contributed by atoms with Gasteiger partial charge in [0, 0.05) is 12.1 Å². The normalized spacial score (nSPS) is 17.1. The van der Waals surface area contributed by atoms with Gasteiger partial charge in [-0.2, -0.15) is 0 Å². The Hall–Kier alpha value is -0.980. The van der Waals surface area contributed by atoms with Crippen LogP contribution in [-0.2, 0) is 10.0 Å². The third-order valence-corrected chi connectivity index (χ3v) is 5.15. The number of rotatable bonds is 6. The molecule has 1 aliphatic rings. The van der Waals surface area contributed by atoms with Gasteiger partial charge >= 0.3 is 0 Å². The van der Waals surface area contributed by atoms with Crippen molar-refractivity contribution >= 4 is 27.2 Å². The van der Waals surface area contributed by atoms with Gasteiger partial charge in [-0.15, -0.1) is 0 Å². The van der Waals surface area contributed by atoms with E-state index in [1.54, 1.807) is 12.1 Å². The highest BCUT2D eigenvalue weighted by atomic mass is 32.2. The number of hydrogen-bond acceptors (Lipinski definition) is 3. The molecule has 0 heterocycles. The van der Waals surface area contributed by atoms with Crippen molar-refractivity contribution in [3.63, 3.8) is 0 Å². The molecule has 4 nitrogen and oxygen atoms in total. The van der Waals surface area contributed by atoms with Gasteiger partial charge in [-0.3, -0.25) is 0 Å². The molecule has 1 aromatic rings. The Balaban J connectivity index is 2.03. The van der Waals surface area contributed by atoms with E-state index in [4.69, 9.17) is 18.0 Å². The van der Waals surface area contributed by atoms with E-state index in [1.807, 2.05) is 0 Å². The van der Waals surface area contributed by atoms with E-state index in [2.05, 4.69) is 11.6 Å². The molecule has 1 fully saturated rings. The third kappa shape index (κ3) is 3.75. The van der Waals surface area contributed by atoms with E-state index < -0.39 is 10.0 Å². The van der Waals surface area contributed by atoms with Crippen molar-refractivity contribution in [2.75, 3.05) is 6.54 Å². The molecule has 6 heteroatoms. The Bertz CT molecular complexity index is 563. The summed E-state index contributed by atoms with van der Waals surface area (Å²) in [6, 6.07) is 6.31. The maximum Gasteiger partial charge on any atom is 0.240 e. The largest absolute Gasteiger partial charge is 0.389 e. The fraction of sp³-hybridized carbons (Fsp3) is 0.462. The Morgan fingerprint density at radius 2 is 2.00 bits per heavy atom. The van der Waals surface area contributed by atoms with Gasteiger partial charge in [0.05, 0.1) is 4.90 Å². The SMILES string of the molecule is CC(CNS(=O)(=O)c1ccc(C(N)=S)cc1)C1CC1. The van der Waals surface area contributed by atoms with Gasteiger partial charge in [-0.05, 0) is 36.8 Å². The number of sulfonamides is 1. The van der Waals surface area contributed by atoms with Crippen molar-refractivity contribution in [3.8, 4) is 0 Å². The van der Waals surface area contributed by atoms with Crippen LogP contribution < -0.4 is 10.5 Å². The Morgan fingerprint density at radius 3 is 2.47 bits per heavy atom. The highest BCUT2D eigenvalue weighted by Crippen LogP contribution is 2.36. The number of benzene rings is 1. The lowest BCUT2D eigenvalue weighted by Crippen LogP contribution is -2.29. The summed E-state index contributed by atoms with van der Waals surface area (Å²) in [5.41, 5.74) is 6.14. The monoisotopic (exact) mass is 298 g/mol. The van der Waals surface area contributed by atoms with Crippen molar-refractivity contribution in [2.24, 2.45) is 17.6 Å². The average Bonchev–Trinajstić information content (AvgIpc) is 3.20. The third-order valence-electron chi connectivity index (χ3n) is 3.47. The number of nitrogens with one attached hydrogen (secondary N) is 1. The molecule has 3 N–H and O–H groups in total. The summed E-state index contributed by atoms with van der Waals surface area (Å²) in [6.07, 6.45) is 2.43. The minimum atomic E-state index is -3.44. The van der Waals surface area contributed by atoms with Crippen LogP contribution in [0.15, 0.2) is 29.2 Å². The minimum absolute atomic E-state index is 0.246. The van der Waals surface area contributed by atoms with Gasteiger partial charge in [0.1, 0.15) is 4.99 Å². The summed E-state index contributed by atoms with van der Waals surface area (Å²) in [5.74, 6) is 1.07. The maximum atomic E-state index is 12.1. The van der Waals surface area contributed by atoms with Crippen molar-refractivity contribution in [3.05, 3.63) is 29.8 Å². The second kappa shape index (κ2) is 5.56. The molecular weight excluding hydrogens is 280 g/mol. The summed E-state index contributed by atoms with van der Waals surface area (Å²) in [6.45, 7) is 2.57. The van der Waals surface area contributed by atoms with Gasteiger partial charge in [0.15, 0.2) is 0 Å². The van der Waals surface area contributed by atoms with Crippen LogP contribution in [0, 0.1) is 11.8 Å². The molecule has 0 spiro atoms. The molecule has 0 aromatic heterocycles. The quantitative estimate of drug-likeness (QED) is 0.783. The molecule has 1 unspecified atom stereocenters. The molecule has 0 amide bonds. The van der Waals surface area contributed by atoms with Gasteiger partial charge in [-0.25, -0.2) is 13.1 Å². The topological polar surface area (TPSA) is 72.2 Å². The van der Waals surface area contributed by atoms with E-state index in [1.165, 1.54) is 25.0 Å². The van der Waals surface area contributed by atoms with Crippen LogP contribution in [0.2, 0.25) is 0 Å². The van der Waals surface area contributed by atoms with E-state index in [9.17, 15) is 8.42 Å².